The van der Waals surface area contributed by atoms with Crippen molar-refractivity contribution in [3.05, 3.63) is 48.0 Å². The summed E-state index contributed by atoms with van der Waals surface area (Å²) < 4.78 is 0. The first-order valence-electron chi connectivity index (χ1n) is 8.97. The first-order valence-corrected chi connectivity index (χ1v) is 8.97. The van der Waals surface area contributed by atoms with Crippen LogP contribution in [0.2, 0.25) is 0 Å². The van der Waals surface area contributed by atoms with Crippen LogP contribution in [-0.4, -0.2) is 30.1 Å². The van der Waals surface area contributed by atoms with Crippen LogP contribution in [0.3, 0.4) is 0 Å². The number of likely N-dealkylation sites (tertiary alicyclic amines) is 1. The lowest BCUT2D eigenvalue weighted by atomic mass is 9.87. The second-order valence-corrected chi connectivity index (χ2v) is 7.70. The lowest BCUT2D eigenvalue weighted by Gasteiger charge is -2.39. The van der Waals surface area contributed by atoms with Gasteiger partial charge in [0.15, 0.2) is 0 Å². The Hall–Kier alpha value is -1.38. The van der Waals surface area contributed by atoms with Gasteiger partial charge in [-0.15, -0.1) is 0 Å². The van der Waals surface area contributed by atoms with Crippen LogP contribution >= 0.6 is 0 Å². The van der Waals surface area contributed by atoms with Gasteiger partial charge in [0.1, 0.15) is 0 Å². The van der Waals surface area contributed by atoms with Gasteiger partial charge in [-0.2, -0.15) is 0 Å². The highest BCUT2D eigenvalue weighted by molar-refractivity contribution is 5.86. The normalized spacial score (nSPS) is 18.0. The number of fused-ring (bicyclic) bond motifs is 1. The second kappa shape index (κ2) is 6.62. The molecule has 0 unspecified atom stereocenters. The number of hydrogen-bond acceptors (Lipinski definition) is 2. The Labute approximate surface area is 140 Å². The fourth-order valence-corrected chi connectivity index (χ4v) is 3.92. The molecule has 0 saturated carbocycles. The molecule has 1 fully saturated rings. The van der Waals surface area contributed by atoms with Crippen molar-refractivity contribution in [1.29, 1.82) is 0 Å². The summed E-state index contributed by atoms with van der Waals surface area (Å²) in [5.41, 5.74) is 1.40. The van der Waals surface area contributed by atoms with E-state index in [1.807, 2.05) is 0 Å². The maximum absolute atomic E-state index is 3.94. The van der Waals surface area contributed by atoms with E-state index < -0.39 is 0 Å². The summed E-state index contributed by atoms with van der Waals surface area (Å²) in [6.45, 7) is 11.7. The Morgan fingerprint density at radius 1 is 1.00 bits per heavy atom. The molecule has 0 aliphatic carbocycles. The van der Waals surface area contributed by atoms with E-state index in [1.165, 1.54) is 42.3 Å². The van der Waals surface area contributed by atoms with Crippen LogP contribution in [0.4, 0.5) is 0 Å². The number of hydrogen-bond donors (Lipinski definition) is 1. The highest BCUT2D eigenvalue weighted by atomic mass is 15.2. The summed E-state index contributed by atoms with van der Waals surface area (Å²) >= 11 is 0. The Morgan fingerprint density at radius 2 is 1.65 bits per heavy atom. The van der Waals surface area contributed by atoms with Crippen LogP contribution in [0, 0.1) is 0 Å². The number of nitrogens with one attached hydrogen (secondary N) is 1. The van der Waals surface area contributed by atoms with E-state index in [0.717, 1.165) is 0 Å². The molecule has 0 spiro atoms. The fourth-order valence-electron chi connectivity index (χ4n) is 3.92. The van der Waals surface area contributed by atoms with Crippen molar-refractivity contribution in [1.82, 2.24) is 10.2 Å². The quantitative estimate of drug-likeness (QED) is 0.892. The minimum atomic E-state index is -0.00840. The van der Waals surface area contributed by atoms with Crippen LogP contribution in [0.1, 0.15) is 46.1 Å². The molecule has 0 amide bonds. The predicted octanol–water partition coefficient (Wildman–Crippen LogP) is 4.54. The zero-order valence-corrected chi connectivity index (χ0v) is 15.0. The van der Waals surface area contributed by atoms with Gasteiger partial charge in [0.2, 0.25) is 0 Å². The standard InChI is InChI=1S/C21H30N2/c1-16(2)23-14-12-18(13-15-23)22-21(3,4)20-11-7-9-17-8-5-6-10-19(17)20/h5-11,16,18,22H,12-15H2,1-4H3. The third-order valence-corrected chi connectivity index (χ3v) is 5.29. The van der Waals surface area contributed by atoms with Crippen molar-refractivity contribution in [3.8, 4) is 0 Å². The molecule has 1 aliphatic rings. The minimum absolute atomic E-state index is 0.00840. The monoisotopic (exact) mass is 310 g/mol. The summed E-state index contributed by atoms with van der Waals surface area (Å²) in [6.07, 6.45) is 2.48. The van der Waals surface area contributed by atoms with E-state index in [4.69, 9.17) is 0 Å². The highest BCUT2D eigenvalue weighted by Crippen LogP contribution is 2.30. The van der Waals surface area contributed by atoms with Crippen LogP contribution in [0.25, 0.3) is 10.8 Å². The predicted molar refractivity (Wildman–Crippen MR) is 99.8 cm³/mol. The van der Waals surface area contributed by atoms with Gasteiger partial charge in [0.05, 0.1) is 0 Å². The van der Waals surface area contributed by atoms with Crippen LogP contribution in [-0.2, 0) is 5.54 Å². The lowest BCUT2D eigenvalue weighted by molar-refractivity contribution is 0.147. The topological polar surface area (TPSA) is 15.3 Å². The van der Waals surface area contributed by atoms with Crippen LogP contribution < -0.4 is 5.32 Å². The molecule has 1 N–H and O–H groups in total. The number of rotatable bonds is 4. The molecule has 0 bridgehead atoms. The average Bonchev–Trinajstić information content (AvgIpc) is 2.54. The van der Waals surface area contributed by atoms with Crippen molar-refractivity contribution in [3.63, 3.8) is 0 Å². The molecule has 0 atom stereocenters. The smallest absolute Gasteiger partial charge is 0.0385 e. The molecule has 2 heteroatoms. The molecule has 2 aromatic rings. The van der Waals surface area contributed by atoms with Gasteiger partial charge >= 0.3 is 0 Å². The van der Waals surface area contributed by atoms with Crippen LogP contribution in [0.5, 0.6) is 0 Å². The van der Waals surface area contributed by atoms with Crippen molar-refractivity contribution >= 4 is 10.8 Å². The maximum Gasteiger partial charge on any atom is 0.0385 e. The Bertz CT molecular complexity index is 646. The minimum Gasteiger partial charge on any atom is -0.305 e. The zero-order valence-electron chi connectivity index (χ0n) is 15.0. The Balaban J connectivity index is 1.76. The van der Waals surface area contributed by atoms with Gasteiger partial charge in [-0.05, 0) is 70.0 Å². The van der Waals surface area contributed by atoms with E-state index in [-0.39, 0.29) is 5.54 Å². The molecule has 124 valence electrons. The van der Waals surface area contributed by atoms with Gasteiger partial charge in [0, 0.05) is 17.6 Å². The Kier molecular flexibility index (Phi) is 4.74. The molecule has 1 saturated heterocycles. The molecule has 0 radical (unpaired) electrons. The Morgan fingerprint density at radius 3 is 2.35 bits per heavy atom. The van der Waals surface area contributed by atoms with Gasteiger partial charge in [0.25, 0.3) is 0 Å². The van der Waals surface area contributed by atoms with E-state index in [1.54, 1.807) is 0 Å². The summed E-state index contributed by atoms with van der Waals surface area (Å²) in [5, 5.41) is 6.63. The second-order valence-electron chi connectivity index (χ2n) is 7.70. The van der Waals surface area contributed by atoms with E-state index >= 15 is 0 Å². The maximum atomic E-state index is 3.94. The van der Waals surface area contributed by atoms with Crippen LogP contribution in [0.15, 0.2) is 42.5 Å². The number of benzene rings is 2. The first kappa shape index (κ1) is 16.5. The molecule has 1 aliphatic heterocycles. The van der Waals surface area contributed by atoms with Crippen molar-refractivity contribution in [2.24, 2.45) is 0 Å². The van der Waals surface area contributed by atoms with Gasteiger partial charge < -0.3 is 10.2 Å². The summed E-state index contributed by atoms with van der Waals surface area (Å²) in [6, 6.07) is 16.7. The molecule has 2 nitrogen and oxygen atoms in total. The third kappa shape index (κ3) is 3.59. The van der Waals surface area contributed by atoms with Crippen molar-refractivity contribution in [2.45, 2.75) is 58.2 Å². The third-order valence-electron chi connectivity index (χ3n) is 5.29. The molecule has 1 heterocycles. The zero-order chi connectivity index (χ0) is 16.4. The van der Waals surface area contributed by atoms with Gasteiger partial charge in [-0.1, -0.05) is 42.5 Å². The molecule has 3 rings (SSSR count). The van der Waals surface area contributed by atoms with E-state index in [0.29, 0.717) is 12.1 Å². The van der Waals surface area contributed by atoms with Crippen molar-refractivity contribution in [2.75, 3.05) is 13.1 Å². The molecular formula is C21H30N2. The lowest BCUT2D eigenvalue weighted by Crippen LogP contribution is -2.50. The fraction of sp³-hybridized carbons (Fsp3) is 0.524. The average molecular weight is 310 g/mol. The summed E-state index contributed by atoms with van der Waals surface area (Å²) in [5.74, 6) is 0. The summed E-state index contributed by atoms with van der Waals surface area (Å²) in [4.78, 5) is 2.59. The SMILES string of the molecule is CC(C)N1CCC(NC(C)(C)c2cccc3ccccc23)CC1. The molecule has 23 heavy (non-hydrogen) atoms. The number of piperidine rings is 1. The van der Waals surface area contributed by atoms with E-state index in [9.17, 15) is 0 Å². The summed E-state index contributed by atoms with van der Waals surface area (Å²) in [7, 11) is 0. The highest BCUT2D eigenvalue weighted by Gasteiger charge is 2.28. The largest absolute Gasteiger partial charge is 0.305 e. The number of nitrogens with zero attached hydrogens (tertiary/aromatic N) is 1. The first-order chi connectivity index (χ1) is 11.0. The van der Waals surface area contributed by atoms with Crippen molar-refractivity contribution < 1.29 is 0 Å². The van der Waals surface area contributed by atoms with Gasteiger partial charge in [-0.25, -0.2) is 0 Å². The molecule has 0 aromatic heterocycles. The van der Waals surface area contributed by atoms with Gasteiger partial charge in [-0.3, -0.25) is 0 Å². The molecule has 2 aromatic carbocycles. The van der Waals surface area contributed by atoms with E-state index in [2.05, 4.69) is 80.4 Å². The molecular weight excluding hydrogens is 280 g/mol.